The number of rotatable bonds is 3. The Bertz CT molecular complexity index is 1040. The molecular weight excluding hydrogens is 362 g/mol. The van der Waals surface area contributed by atoms with Crippen molar-refractivity contribution in [3.05, 3.63) is 30.2 Å². The van der Waals surface area contributed by atoms with Crippen molar-refractivity contribution in [1.29, 1.82) is 0 Å². The normalized spacial score (nSPS) is 16.5. The minimum Gasteiger partial charge on any atom is -0.454 e. The first-order chi connectivity index (χ1) is 13.7. The molecule has 2 aromatic heterocycles. The molecule has 28 heavy (non-hydrogen) atoms. The topological polar surface area (TPSA) is 103 Å². The molecule has 1 amide bonds. The van der Waals surface area contributed by atoms with Gasteiger partial charge in [0.25, 0.3) is 5.71 Å². The quantitative estimate of drug-likeness (QED) is 0.738. The van der Waals surface area contributed by atoms with Crippen molar-refractivity contribution in [3.8, 4) is 11.5 Å². The first kappa shape index (κ1) is 16.8. The summed E-state index contributed by atoms with van der Waals surface area (Å²) >= 11 is 0. The second kappa shape index (κ2) is 6.66. The lowest BCUT2D eigenvalue weighted by Gasteiger charge is -2.32. The molecule has 0 saturated carbocycles. The number of nitrogens with one attached hydrogen (secondary N) is 1. The summed E-state index contributed by atoms with van der Waals surface area (Å²) in [6, 6.07) is 5.43. The molecule has 9 nitrogen and oxygen atoms in total. The lowest BCUT2D eigenvalue weighted by atomic mass is 9.95. The Balaban J connectivity index is 1.25. The third kappa shape index (κ3) is 2.88. The summed E-state index contributed by atoms with van der Waals surface area (Å²) < 4.78 is 15.9. The number of hydrogen-bond acceptors (Lipinski definition) is 8. The standard InChI is InChI=1S/C19H19N5O4/c1-11-16-17(20-9-21-19(16)28-23-11)24-6-4-12(5-7-24)18(25)22-13-2-3-14-15(8-13)27-10-26-14/h2-3,8-9,12H,4-7,10H2,1H3,(H,22,25). The van der Waals surface area contributed by atoms with Gasteiger partial charge in [0.05, 0.1) is 5.69 Å². The van der Waals surface area contributed by atoms with E-state index in [0.717, 1.165) is 42.8 Å². The summed E-state index contributed by atoms with van der Waals surface area (Å²) in [4.78, 5) is 23.4. The van der Waals surface area contributed by atoms with E-state index in [9.17, 15) is 4.79 Å². The van der Waals surface area contributed by atoms with E-state index >= 15 is 0 Å². The molecule has 0 atom stereocenters. The molecule has 9 heteroatoms. The number of ether oxygens (including phenoxy) is 2. The second-order valence-electron chi connectivity index (χ2n) is 6.96. The van der Waals surface area contributed by atoms with Crippen molar-refractivity contribution in [1.82, 2.24) is 15.1 Å². The Hall–Kier alpha value is -3.36. The molecular formula is C19H19N5O4. The molecule has 0 bridgehead atoms. The van der Waals surface area contributed by atoms with Crippen LogP contribution in [0.4, 0.5) is 11.5 Å². The highest BCUT2D eigenvalue weighted by Crippen LogP contribution is 2.35. The maximum Gasteiger partial charge on any atom is 0.263 e. The van der Waals surface area contributed by atoms with Crippen LogP contribution in [0.2, 0.25) is 0 Å². The number of fused-ring (bicyclic) bond motifs is 2. The zero-order chi connectivity index (χ0) is 19.1. The van der Waals surface area contributed by atoms with E-state index in [2.05, 4.69) is 25.3 Å². The number of benzene rings is 1. The van der Waals surface area contributed by atoms with Crippen molar-refractivity contribution in [2.75, 3.05) is 30.1 Å². The SMILES string of the molecule is Cc1noc2ncnc(N3CCC(C(=O)Nc4ccc5c(c4)OCO5)CC3)c12. The van der Waals surface area contributed by atoms with Gasteiger partial charge in [-0.05, 0) is 31.9 Å². The van der Waals surface area contributed by atoms with Crippen LogP contribution in [0.5, 0.6) is 11.5 Å². The van der Waals surface area contributed by atoms with E-state index in [1.165, 1.54) is 6.33 Å². The molecule has 1 N–H and O–H groups in total. The number of aryl methyl sites for hydroxylation is 1. The van der Waals surface area contributed by atoms with E-state index in [1.807, 2.05) is 19.1 Å². The van der Waals surface area contributed by atoms with Crippen molar-refractivity contribution in [2.24, 2.45) is 5.92 Å². The molecule has 2 aliphatic heterocycles. The number of anilines is 2. The largest absolute Gasteiger partial charge is 0.454 e. The van der Waals surface area contributed by atoms with Crippen LogP contribution in [-0.4, -0.2) is 40.9 Å². The Morgan fingerprint density at radius 2 is 2.00 bits per heavy atom. The van der Waals surface area contributed by atoms with Crippen LogP contribution in [0.15, 0.2) is 29.0 Å². The Morgan fingerprint density at radius 1 is 1.18 bits per heavy atom. The molecule has 2 aliphatic rings. The fourth-order valence-corrected chi connectivity index (χ4v) is 3.72. The summed E-state index contributed by atoms with van der Waals surface area (Å²) in [6.45, 7) is 3.56. The van der Waals surface area contributed by atoms with Crippen LogP contribution in [-0.2, 0) is 4.79 Å². The van der Waals surface area contributed by atoms with Crippen molar-refractivity contribution < 1.29 is 18.8 Å². The van der Waals surface area contributed by atoms with Crippen LogP contribution in [0.3, 0.4) is 0 Å². The van der Waals surface area contributed by atoms with Crippen LogP contribution in [0, 0.1) is 12.8 Å². The monoisotopic (exact) mass is 381 g/mol. The van der Waals surface area contributed by atoms with Gasteiger partial charge in [0.2, 0.25) is 12.7 Å². The molecule has 0 aliphatic carbocycles. The van der Waals surface area contributed by atoms with Gasteiger partial charge in [-0.15, -0.1) is 0 Å². The average Bonchev–Trinajstić information content (AvgIpc) is 3.34. The first-order valence-electron chi connectivity index (χ1n) is 9.21. The molecule has 0 spiro atoms. The minimum atomic E-state index is -0.0532. The fraction of sp³-hybridized carbons (Fsp3) is 0.368. The molecule has 1 saturated heterocycles. The van der Waals surface area contributed by atoms with Gasteiger partial charge >= 0.3 is 0 Å². The molecule has 0 unspecified atom stereocenters. The van der Waals surface area contributed by atoms with Crippen LogP contribution < -0.4 is 19.7 Å². The van der Waals surface area contributed by atoms with Crippen LogP contribution >= 0.6 is 0 Å². The highest BCUT2D eigenvalue weighted by atomic mass is 16.7. The summed E-state index contributed by atoms with van der Waals surface area (Å²) in [5.41, 5.74) is 1.98. The Kier molecular flexibility index (Phi) is 4.00. The van der Waals surface area contributed by atoms with E-state index in [0.29, 0.717) is 22.9 Å². The third-order valence-corrected chi connectivity index (χ3v) is 5.23. The molecule has 0 radical (unpaired) electrons. The number of aromatic nitrogens is 3. The predicted molar refractivity (Wildman–Crippen MR) is 100 cm³/mol. The molecule has 144 valence electrons. The van der Waals surface area contributed by atoms with Gasteiger partial charge in [0, 0.05) is 30.8 Å². The van der Waals surface area contributed by atoms with E-state index < -0.39 is 0 Å². The lowest BCUT2D eigenvalue weighted by Crippen LogP contribution is -2.38. The highest BCUT2D eigenvalue weighted by molar-refractivity contribution is 5.93. The van der Waals surface area contributed by atoms with E-state index in [1.54, 1.807) is 6.07 Å². The Labute approximate surface area is 160 Å². The molecule has 1 fully saturated rings. The fourth-order valence-electron chi connectivity index (χ4n) is 3.72. The zero-order valence-electron chi connectivity index (χ0n) is 15.3. The van der Waals surface area contributed by atoms with Gasteiger partial charge in [0.15, 0.2) is 11.5 Å². The maximum atomic E-state index is 12.7. The van der Waals surface area contributed by atoms with Crippen molar-refractivity contribution >= 4 is 28.5 Å². The number of amides is 1. The molecule has 5 rings (SSSR count). The first-order valence-corrected chi connectivity index (χ1v) is 9.21. The van der Waals surface area contributed by atoms with Gasteiger partial charge in [-0.1, -0.05) is 5.16 Å². The van der Waals surface area contributed by atoms with Gasteiger partial charge in [-0.25, -0.2) is 4.98 Å². The third-order valence-electron chi connectivity index (χ3n) is 5.23. The summed E-state index contributed by atoms with van der Waals surface area (Å²) in [5.74, 6) is 2.14. The van der Waals surface area contributed by atoms with E-state index in [4.69, 9.17) is 14.0 Å². The van der Waals surface area contributed by atoms with Gasteiger partial charge in [0.1, 0.15) is 17.5 Å². The van der Waals surface area contributed by atoms with Gasteiger partial charge in [-0.2, -0.15) is 4.98 Å². The van der Waals surface area contributed by atoms with Crippen molar-refractivity contribution in [3.63, 3.8) is 0 Å². The minimum absolute atomic E-state index is 0.0208. The number of hydrogen-bond donors (Lipinski definition) is 1. The number of carbonyl (C=O) groups is 1. The van der Waals surface area contributed by atoms with Crippen LogP contribution in [0.1, 0.15) is 18.5 Å². The zero-order valence-corrected chi connectivity index (χ0v) is 15.3. The number of carbonyl (C=O) groups excluding carboxylic acids is 1. The highest BCUT2D eigenvalue weighted by Gasteiger charge is 2.28. The number of piperidine rings is 1. The number of nitrogens with zero attached hydrogens (tertiary/aromatic N) is 4. The van der Waals surface area contributed by atoms with Crippen LogP contribution in [0.25, 0.3) is 11.1 Å². The smallest absolute Gasteiger partial charge is 0.263 e. The second-order valence-corrected chi connectivity index (χ2v) is 6.96. The van der Waals surface area contributed by atoms with Crippen molar-refractivity contribution in [2.45, 2.75) is 19.8 Å². The summed E-state index contributed by atoms with van der Waals surface area (Å²) in [7, 11) is 0. The molecule has 4 heterocycles. The summed E-state index contributed by atoms with van der Waals surface area (Å²) in [5, 5.41) is 7.80. The average molecular weight is 381 g/mol. The van der Waals surface area contributed by atoms with Gasteiger partial charge in [-0.3, -0.25) is 4.79 Å². The molecule has 3 aromatic rings. The van der Waals surface area contributed by atoms with E-state index in [-0.39, 0.29) is 18.6 Å². The van der Waals surface area contributed by atoms with Gasteiger partial charge < -0.3 is 24.2 Å². The summed E-state index contributed by atoms with van der Waals surface area (Å²) in [6.07, 6.45) is 2.97. The lowest BCUT2D eigenvalue weighted by molar-refractivity contribution is -0.120. The molecule has 1 aromatic carbocycles. The Morgan fingerprint density at radius 3 is 2.86 bits per heavy atom. The maximum absolute atomic E-state index is 12.7. The predicted octanol–water partition coefficient (Wildman–Crippen LogP) is 2.51.